The highest BCUT2D eigenvalue weighted by Crippen LogP contribution is 2.29. The van der Waals surface area contributed by atoms with Gasteiger partial charge in [-0.05, 0) is 91.9 Å². The minimum Gasteiger partial charge on any atom is -0.457 e. The third-order valence-electron chi connectivity index (χ3n) is 9.57. The zero-order chi connectivity index (χ0) is 36.5. The first-order chi connectivity index (χ1) is 25.2. The van der Waals surface area contributed by atoms with Crippen LogP contribution in [0.4, 0.5) is 5.69 Å². The van der Waals surface area contributed by atoms with E-state index in [0.717, 1.165) is 52.2 Å². The molecule has 0 heterocycles. The minimum absolute atomic E-state index is 0.0382. The van der Waals surface area contributed by atoms with Crippen LogP contribution in [0.25, 0.3) is 0 Å². The summed E-state index contributed by atoms with van der Waals surface area (Å²) in [6, 6.07) is 39.0. The van der Waals surface area contributed by atoms with Gasteiger partial charge in [-0.3, -0.25) is 13.9 Å². The molecule has 5 aromatic rings. The number of nitrogens with zero attached hydrogens (tertiary/aromatic N) is 2. The molecule has 1 atom stereocenters. The Kier molecular flexibility index (Phi) is 11.7. The maximum absolute atomic E-state index is 14.9. The van der Waals surface area contributed by atoms with Gasteiger partial charge in [0.1, 0.15) is 24.1 Å². The molecule has 9 heteroatoms. The number of anilines is 1. The normalized spacial score (nSPS) is 13.7. The number of para-hydroxylation sites is 1. The van der Waals surface area contributed by atoms with Crippen LogP contribution in [-0.4, -0.2) is 43.8 Å². The summed E-state index contributed by atoms with van der Waals surface area (Å²) in [6.07, 6.45) is 4.14. The second-order valence-corrected chi connectivity index (χ2v) is 15.2. The second-order valence-electron chi connectivity index (χ2n) is 13.4. The molecule has 0 bridgehead atoms. The molecule has 0 radical (unpaired) electrons. The molecule has 268 valence electrons. The number of aryl methyl sites for hydroxylation is 2. The molecule has 0 aromatic heterocycles. The van der Waals surface area contributed by atoms with E-state index in [1.165, 1.54) is 0 Å². The lowest BCUT2D eigenvalue weighted by Crippen LogP contribution is -2.54. The second kappa shape index (κ2) is 16.7. The van der Waals surface area contributed by atoms with Crippen molar-refractivity contribution in [2.75, 3.05) is 10.8 Å². The van der Waals surface area contributed by atoms with Crippen LogP contribution in [-0.2, 0) is 32.6 Å². The number of carbonyl (C=O) groups is 2. The van der Waals surface area contributed by atoms with Gasteiger partial charge in [-0.2, -0.15) is 0 Å². The molecule has 6 rings (SSSR count). The Bertz CT molecular complexity index is 2050. The van der Waals surface area contributed by atoms with Gasteiger partial charge in [-0.25, -0.2) is 8.42 Å². The molecule has 1 saturated carbocycles. The van der Waals surface area contributed by atoms with E-state index >= 15 is 0 Å². The van der Waals surface area contributed by atoms with Gasteiger partial charge in [0.2, 0.25) is 11.8 Å². The fraction of sp³-hybridized carbons (Fsp3) is 0.256. The van der Waals surface area contributed by atoms with E-state index in [1.807, 2.05) is 98.8 Å². The van der Waals surface area contributed by atoms with Gasteiger partial charge in [0.15, 0.2) is 0 Å². The van der Waals surface area contributed by atoms with Gasteiger partial charge in [-0.15, -0.1) is 0 Å². The third-order valence-corrected chi connectivity index (χ3v) is 11.4. The van der Waals surface area contributed by atoms with Crippen molar-refractivity contribution in [1.29, 1.82) is 0 Å². The lowest BCUT2D eigenvalue weighted by Gasteiger charge is -2.34. The largest absolute Gasteiger partial charge is 0.457 e. The van der Waals surface area contributed by atoms with Crippen molar-refractivity contribution in [3.63, 3.8) is 0 Å². The van der Waals surface area contributed by atoms with E-state index in [0.29, 0.717) is 17.2 Å². The van der Waals surface area contributed by atoms with Crippen LogP contribution < -0.4 is 14.4 Å². The van der Waals surface area contributed by atoms with Gasteiger partial charge in [0.05, 0.1) is 10.6 Å². The first kappa shape index (κ1) is 36.4. The van der Waals surface area contributed by atoms with Gasteiger partial charge in [0.25, 0.3) is 10.0 Å². The predicted molar refractivity (Wildman–Crippen MR) is 205 cm³/mol. The Morgan fingerprint density at radius 2 is 1.35 bits per heavy atom. The van der Waals surface area contributed by atoms with Gasteiger partial charge in [-0.1, -0.05) is 103 Å². The van der Waals surface area contributed by atoms with Crippen LogP contribution in [0.1, 0.15) is 47.9 Å². The Morgan fingerprint density at radius 3 is 2.00 bits per heavy atom. The van der Waals surface area contributed by atoms with Crippen molar-refractivity contribution in [2.45, 2.75) is 69.5 Å². The summed E-state index contributed by atoms with van der Waals surface area (Å²) in [6.45, 7) is 3.46. The van der Waals surface area contributed by atoms with Crippen LogP contribution in [0.2, 0.25) is 0 Å². The maximum Gasteiger partial charge on any atom is 0.264 e. The molecule has 1 aliphatic rings. The standard InChI is InChI=1S/C43H45N3O5S/c1-32-21-27-40(28-22-32)52(49,50)46(37-23-25-39(26-24-37)51-38-19-7-4-8-20-38)31-42(47)45(30-35-16-10-9-13-33(35)2)41(29-34-14-5-3-6-15-34)43(48)44-36-17-11-12-18-36/h3-10,13-16,19-28,36,41H,11-12,17-18,29-31H2,1-2H3,(H,44,48). The van der Waals surface area contributed by atoms with E-state index in [2.05, 4.69) is 5.32 Å². The van der Waals surface area contributed by atoms with E-state index in [4.69, 9.17) is 4.74 Å². The highest BCUT2D eigenvalue weighted by Gasteiger charge is 2.35. The van der Waals surface area contributed by atoms with Crippen molar-refractivity contribution in [3.05, 3.63) is 156 Å². The Morgan fingerprint density at radius 1 is 0.750 bits per heavy atom. The Labute approximate surface area is 307 Å². The first-order valence-electron chi connectivity index (χ1n) is 17.8. The van der Waals surface area contributed by atoms with Crippen molar-refractivity contribution in [1.82, 2.24) is 10.2 Å². The monoisotopic (exact) mass is 715 g/mol. The van der Waals surface area contributed by atoms with Crippen LogP contribution in [0.3, 0.4) is 0 Å². The zero-order valence-corrected chi connectivity index (χ0v) is 30.5. The van der Waals surface area contributed by atoms with E-state index in [-0.39, 0.29) is 29.8 Å². The molecule has 5 aromatic carbocycles. The summed E-state index contributed by atoms with van der Waals surface area (Å²) in [5, 5.41) is 3.23. The highest BCUT2D eigenvalue weighted by molar-refractivity contribution is 7.92. The number of rotatable bonds is 14. The van der Waals surface area contributed by atoms with E-state index < -0.39 is 28.5 Å². The fourth-order valence-electron chi connectivity index (χ4n) is 6.56. The number of nitrogens with one attached hydrogen (secondary N) is 1. The number of amides is 2. The Hall–Kier alpha value is -5.41. The Balaban J connectivity index is 1.39. The minimum atomic E-state index is -4.23. The molecule has 0 aliphatic heterocycles. The van der Waals surface area contributed by atoms with Crippen LogP contribution >= 0.6 is 0 Å². The van der Waals surface area contributed by atoms with E-state index in [1.54, 1.807) is 53.4 Å². The lowest BCUT2D eigenvalue weighted by molar-refractivity contribution is -0.140. The maximum atomic E-state index is 14.9. The average Bonchev–Trinajstić information content (AvgIpc) is 3.67. The summed E-state index contributed by atoms with van der Waals surface area (Å²) in [7, 11) is -4.23. The van der Waals surface area contributed by atoms with Crippen molar-refractivity contribution >= 4 is 27.5 Å². The molecule has 1 unspecified atom stereocenters. The molecular formula is C43H45N3O5S. The summed E-state index contributed by atoms with van der Waals surface area (Å²) in [5.74, 6) is 0.419. The van der Waals surface area contributed by atoms with Crippen LogP contribution in [0, 0.1) is 13.8 Å². The van der Waals surface area contributed by atoms with Gasteiger partial charge >= 0.3 is 0 Å². The topological polar surface area (TPSA) is 96.0 Å². The number of hydrogen-bond acceptors (Lipinski definition) is 5. The number of ether oxygens (including phenoxy) is 1. The van der Waals surface area contributed by atoms with Gasteiger partial charge in [0, 0.05) is 19.0 Å². The molecule has 0 spiro atoms. The van der Waals surface area contributed by atoms with E-state index in [9.17, 15) is 18.0 Å². The fourth-order valence-corrected chi connectivity index (χ4v) is 7.98. The molecule has 2 amide bonds. The predicted octanol–water partition coefficient (Wildman–Crippen LogP) is 7.99. The summed E-state index contributed by atoms with van der Waals surface area (Å²) >= 11 is 0. The first-order valence-corrected chi connectivity index (χ1v) is 19.2. The molecule has 1 aliphatic carbocycles. The molecule has 1 fully saturated rings. The molecule has 52 heavy (non-hydrogen) atoms. The molecular weight excluding hydrogens is 671 g/mol. The molecule has 0 saturated heterocycles. The smallest absolute Gasteiger partial charge is 0.264 e. The lowest BCUT2D eigenvalue weighted by atomic mass is 10.0. The average molecular weight is 716 g/mol. The van der Waals surface area contributed by atoms with Crippen molar-refractivity contribution in [3.8, 4) is 11.5 Å². The molecule has 8 nitrogen and oxygen atoms in total. The van der Waals surface area contributed by atoms with Crippen molar-refractivity contribution < 1.29 is 22.7 Å². The van der Waals surface area contributed by atoms with Crippen LogP contribution in [0.5, 0.6) is 11.5 Å². The summed E-state index contributed by atoms with van der Waals surface area (Å²) in [5.41, 5.74) is 3.94. The SMILES string of the molecule is Cc1ccc(S(=O)(=O)N(CC(=O)N(Cc2ccccc2C)C(Cc2ccccc2)C(=O)NC2CCCC2)c2ccc(Oc3ccccc3)cc2)cc1. The summed E-state index contributed by atoms with van der Waals surface area (Å²) in [4.78, 5) is 30.8. The van der Waals surface area contributed by atoms with Gasteiger partial charge < -0.3 is 15.0 Å². The highest BCUT2D eigenvalue weighted by atomic mass is 32.2. The number of hydrogen-bond donors (Lipinski definition) is 1. The third kappa shape index (κ3) is 9.08. The summed E-state index contributed by atoms with van der Waals surface area (Å²) < 4.78 is 36.0. The molecule has 1 N–H and O–H groups in total. The quantitative estimate of drug-likeness (QED) is 0.126. The number of sulfonamides is 1. The number of benzene rings is 5. The van der Waals surface area contributed by atoms with Crippen LogP contribution in [0.15, 0.2) is 138 Å². The van der Waals surface area contributed by atoms with Crippen molar-refractivity contribution in [2.24, 2.45) is 0 Å². The number of carbonyl (C=O) groups excluding carboxylic acids is 2. The zero-order valence-electron chi connectivity index (χ0n) is 29.7.